The molecule has 2 heterocycles. The summed E-state index contributed by atoms with van der Waals surface area (Å²) < 4.78 is 5.41. The molecule has 6 nitrogen and oxygen atoms in total. The van der Waals surface area contributed by atoms with E-state index in [1.54, 1.807) is 12.1 Å². The number of rotatable bonds is 8. The Morgan fingerprint density at radius 2 is 1.43 bits per heavy atom. The van der Waals surface area contributed by atoms with Gasteiger partial charge in [0.1, 0.15) is 0 Å². The second-order valence-electron chi connectivity index (χ2n) is 10.2. The summed E-state index contributed by atoms with van der Waals surface area (Å²) in [5.41, 5.74) is 2.54. The molecule has 1 aliphatic carbocycles. The summed E-state index contributed by atoms with van der Waals surface area (Å²) in [6, 6.07) is 25.0. The van der Waals surface area contributed by atoms with Crippen LogP contribution in [0, 0.1) is 0 Å². The van der Waals surface area contributed by atoms with E-state index in [0.29, 0.717) is 31.8 Å². The summed E-state index contributed by atoms with van der Waals surface area (Å²) in [5, 5.41) is 0. The highest BCUT2D eigenvalue weighted by molar-refractivity contribution is 5.92. The third-order valence-electron chi connectivity index (χ3n) is 7.84. The fourth-order valence-corrected chi connectivity index (χ4v) is 5.87. The second-order valence-corrected chi connectivity index (χ2v) is 10.2. The molecule has 37 heavy (non-hydrogen) atoms. The van der Waals surface area contributed by atoms with Crippen molar-refractivity contribution >= 4 is 11.8 Å². The van der Waals surface area contributed by atoms with Crippen LogP contribution in [0.2, 0.25) is 0 Å². The van der Waals surface area contributed by atoms with E-state index in [1.807, 2.05) is 9.80 Å². The number of piperazine rings is 1. The van der Waals surface area contributed by atoms with Gasteiger partial charge in [-0.05, 0) is 36.1 Å². The van der Waals surface area contributed by atoms with Crippen molar-refractivity contribution in [3.8, 4) is 0 Å². The van der Waals surface area contributed by atoms with Gasteiger partial charge in [-0.15, -0.1) is 0 Å². The predicted octanol–water partition coefficient (Wildman–Crippen LogP) is 5.38. The van der Waals surface area contributed by atoms with Gasteiger partial charge in [0.15, 0.2) is 5.76 Å². The maximum Gasteiger partial charge on any atom is 0.289 e. The van der Waals surface area contributed by atoms with Crippen LogP contribution in [0.5, 0.6) is 0 Å². The van der Waals surface area contributed by atoms with Crippen molar-refractivity contribution in [1.82, 2.24) is 14.7 Å². The molecule has 3 aromatic rings. The van der Waals surface area contributed by atoms with Gasteiger partial charge in [0.05, 0.1) is 12.3 Å². The Hall–Kier alpha value is -3.38. The molecule has 0 bridgehead atoms. The minimum atomic E-state index is -0.0944. The van der Waals surface area contributed by atoms with Crippen LogP contribution in [0.4, 0.5) is 0 Å². The Morgan fingerprint density at radius 1 is 0.811 bits per heavy atom. The van der Waals surface area contributed by atoms with Crippen molar-refractivity contribution in [2.45, 2.75) is 50.6 Å². The van der Waals surface area contributed by atoms with E-state index >= 15 is 0 Å². The second kappa shape index (κ2) is 12.2. The third-order valence-corrected chi connectivity index (χ3v) is 7.84. The standard InChI is InChI=1S/C31H37N3O3/c35-29(18-19-34(27-15-8-3-9-16-27)31(36)28-17-10-24-37-28)32-20-22-33(23-21-32)30(25-11-4-1-5-12-25)26-13-6-2-7-14-26/h1-2,4-7,10-14,17,24,27,30H,3,8-9,15-16,18-23H2. The van der Waals surface area contributed by atoms with Crippen LogP contribution in [-0.2, 0) is 4.79 Å². The molecule has 2 fully saturated rings. The van der Waals surface area contributed by atoms with Crippen LogP contribution in [0.25, 0.3) is 0 Å². The van der Waals surface area contributed by atoms with Gasteiger partial charge in [-0.3, -0.25) is 14.5 Å². The molecular formula is C31H37N3O3. The normalized spacial score (nSPS) is 17.2. The molecule has 0 radical (unpaired) electrons. The van der Waals surface area contributed by atoms with Crippen LogP contribution in [0.1, 0.15) is 66.2 Å². The summed E-state index contributed by atoms with van der Waals surface area (Å²) in [6.07, 6.45) is 7.37. The minimum Gasteiger partial charge on any atom is -0.459 e. The lowest BCUT2D eigenvalue weighted by atomic mass is 9.93. The zero-order valence-electron chi connectivity index (χ0n) is 21.5. The Balaban J connectivity index is 1.21. The third kappa shape index (κ3) is 6.13. The zero-order chi connectivity index (χ0) is 25.5. The SMILES string of the molecule is O=C(CCN(C(=O)c1ccco1)C1CCCCC1)N1CCN(C(c2ccccc2)c2ccccc2)CC1. The number of furan rings is 1. The van der Waals surface area contributed by atoms with Gasteiger partial charge >= 0.3 is 0 Å². The smallest absolute Gasteiger partial charge is 0.289 e. The van der Waals surface area contributed by atoms with Crippen LogP contribution < -0.4 is 0 Å². The van der Waals surface area contributed by atoms with E-state index in [-0.39, 0.29) is 23.9 Å². The molecule has 0 unspecified atom stereocenters. The number of hydrogen-bond donors (Lipinski definition) is 0. The Kier molecular flexibility index (Phi) is 8.36. The summed E-state index contributed by atoms with van der Waals surface area (Å²) in [4.78, 5) is 32.8. The van der Waals surface area contributed by atoms with Crippen molar-refractivity contribution in [2.24, 2.45) is 0 Å². The first-order chi connectivity index (χ1) is 18.2. The first-order valence-corrected chi connectivity index (χ1v) is 13.7. The predicted molar refractivity (Wildman–Crippen MR) is 144 cm³/mol. The van der Waals surface area contributed by atoms with Crippen LogP contribution in [0.3, 0.4) is 0 Å². The number of hydrogen-bond acceptors (Lipinski definition) is 4. The molecule has 5 rings (SSSR count). The molecular weight excluding hydrogens is 462 g/mol. The van der Waals surface area contributed by atoms with Gasteiger partial charge in [-0.2, -0.15) is 0 Å². The molecule has 2 amide bonds. The first-order valence-electron chi connectivity index (χ1n) is 13.7. The van der Waals surface area contributed by atoms with Gasteiger partial charge < -0.3 is 14.2 Å². The molecule has 1 saturated heterocycles. The Bertz CT molecular complexity index is 1080. The highest BCUT2D eigenvalue weighted by atomic mass is 16.3. The van der Waals surface area contributed by atoms with Gasteiger partial charge in [0.2, 0.25) is 5.91 Å². The maximum absolute atomic E-state index is 13.3. The monoisotopic (exact) mass is 499 g/mol. The largest absolute Gasteiger partial charge is 0.459 e. The molecule has 2 aliphatic rings. The zero-order valence-corrected chi connectivity index (χ0v) is 21.5. The number of carbonyl (C=O) groups is 2. The molecule has 0 atom stereocenters. The number of carbonyl (C=O) groups excluding carboxylic acids is 2. The fraction of sp³-hybridized carbons (Fsp3) is 0.419. The van der Waals surface area contributed by atoms with Gasteiger partial charge in [0.25, 0.3) is 5.91 Å². The van der Waals surface area contributed by atoms with Crippen molar-refractivity contribution < 1.29 is 14.0 Å². The number of amides is 2. The lowest BCUT2D eigenvalue weighted by Gasteiger charge is -2.40. The van der Waals surface area contributed by atoms with E-state index in [4.69, 9.17) is 4.42 Å². The average molecular weight is 500 g/mol. The van der Waals surface area contributed by atoms with Gasteiger partial charge in [0, 0.05) is 45.2 Å². The van der Waals surface area contributed by atoms with Crippen molar-refractivity contribution in [1.29, 1.82) is 0 Å². The Morgan fingerprint density at radius 3 is 2.00 bits per heavy atom. The molecule has 1 aliphatic heterocycles. The van der Waals surface area contributed by atoms with Crippen molar-refractivity contribution in [3.63, 3.8) is 0 Å². The molecule has 6 heteroatoms. The minimum absolute atomic E-state index is 0.0944. The molecule has 0 spiro atoms. The van der Waals surface area contributed by atoms with E-state index < -0.39 is 0 Å². The first kappa shape index (κ1) is 25.3. The summed E-state index contributed by atoms with van der Waals surface area (Å²) in [7, 11) is 0. The molecule has 1 saturated carbocycles. The van der Waals surface area contributed by atoms with Crippen molar-refractivity contribution in [2.75, 3.05) is 32.7 Å². The van der Waals surface area contributed by atoms with Crippen LogP contribution in [0.15, 0.2) is 83.5 Å². The lowest BCUT2D eigenvalue weighted by molar-refractivity contribution is -0.133. The van der Waals surface area contributed by atoms with Crippen LogP contribution >= 0.6 is 0 Å². The highest BCUT2D eigenvalue weighted by Gasteiger charge is 2.31. The number of benzene rings is 2. The summed E-state index contributed by atoms with van der Waals surface area (Å²) >= 11 is 0. The van der Waals surface area contributed by atoms with E-state index in [0.717, 1.165) is 38.8 Å². The van der Waals surface area contributed by atoms with Gasteiger partial charge in [-0.25, -0.2) is 0 Å². The van der Waals surface area contributed by atoms with E-state index in [2.05, 4.69) is 65.6 Å². The summed E-state index contributed by atoms with van der Waals surface area (Å²) in [6.45, 7) is 3.48. The summed E-state index contributed by atoms with van der Waals surface area (Å²) in [5.74, 6) is 0.395. The Labute approximate surface area is 219 Å². The van der Waals surface area contributed by atoms with Gasteiger partial charge in [-0.1, -0.05) is 79.9 Å². The lowest BCUT2D eigenvalue weighted by Crippen LogP contribution is -2.50. The molecule has 194 valence electrons. The molecule has 2 aromatic carbocycles. The maximum atomic E-state index is 13.3. The molecule has 1 aromatic heterocycles. The topological polar surface area (TPSA) is 57.0 Å². The number of nitrogens with zero attached hydrogens (tertiary/aromatic N) is 3. The van der Waals surface area contributed by atoms with E-state index in [9.17, 15) is 9.59 Å². The average Bonchev–Trinajstić information content (AvgIpc) is 3.51. The molecule has 0 N–H and O–H groups in total. The fourth-order valence-electron chi connectivity index (χ4n) is 5.87. The highest BCUT2D eigenvalue weighted by Crippen LogP contribution is 2.30. The van der Waals surface area contributed by atoms with E-state index in [1.165, 1.54) is 23.8 Å². The van der Waals surface area contributed by atoms with Crippen LogP contribution in [-0.4, -0.2) is 65.3 Å². The van der Waals surface area contributed by atoms with Crippen molar-refractivity contribution in [3.05, 3.63) is 95.9 Å². The quantitative estimate of drug-likeness (QED) is 0.418.